The molecule has 2 aliphatic rings. The summed E-state index contributed by atoms with van der Waals surface area (Å²) < 4.78 is 5.26. The molecule has 1 aliphatic carbocycles. The summed E-state index contributed by atoms with van der Waals surface area (Å²) in [5.41, 5.74) is 2.21. The van der Waals surface area contributed by atoms with Crippen molar-refractivity contribution in [2.75, 3.05) is 43.5 Å². The van der Waals surface area contributed by atoms with Crippen LogP contribution in [-0.2, 0) is 19.3 Å². The predicted molar refractivity (Wildman–Crippen MR) is 138 cm³/mol. The van der Waals surface area contributed by atoms with Crippen LogP contribution in [-0.4, -0.2) is 54.2 Å². The van der Waals surface area contributed by atoms with E-state index >= 15 is 0 Å². The third kappa shape index (κ3) is 4.56. The smallest absolute Gasteiger partial charge is 0.321 e. The van der Waals surface area contributed by atoms with Crippen molar-refractivity contribution < 1.29 is 9.53 Å². The van der Waals surface area contributed by atoms with Crippen molar-refractivity contribution in [1.29, 1.82) is 0 Å². The fraction of sp³-hybridized carbons (Fsp3) is 0.500. The van der Waals surface area contributed by atoms with Gasteiger partial charge in [-0.05, 0) is 49.3 Å². The van der Waals surface area contributed by atoms with Gasteiger partial charge in [0.2, 0.25) is 0 Å². The number of piperazine rings is 1. The summed E-state index contributed by atoms with van der Waals surface area (Å²) >= 11 is 1.87. The van der Waals surface area contributed by atoms with E-state index < -0.39 is 0 Å². The molecule has 34 heavy (non-hydrogen) atoms. The molecule has 1 fully saturated rings. The Balaban J connectivity index is 1.35. The highest BCUT2D eigenvalue weighted by Gasteiger charge is 2.28. The van der Waals surface area contributed by atoms with Crippen molar-refractivity contribution in [3.05, 3.63) is 40.5 Å². The highest BCUT2D eigenvalue weighted by molar-refractivity contribution is 7.19. The molecule has 7 nitrogen and oxygen atoms in total. The molecule has 2 aromatic heterocycles. The fourth-order valence-corrected chi connectivity index (χ4v) is 6.35. The van der Waals surface area contributed by atoms with Gasteiger partial charge in [0.15, 0.2) is 0 Å². The number of ether oxygens (including phenoxy) is 1. The molecule has 0 saturated carbocycles. The number of fused-ring (bicyclic) bond motifs is 3. The minimum absolute atomic E-state index is 0.0747. The molecule has 1 aromatic carbocycles. The SMILES string of the molecule is CCCc1nc(N2CCN(C(=O)Nc3cccc(OC)c3)CC2)c2c3c(sc2n1)C[C@@H](C)CC3. The lowest BCUT2D eigenvalue weighted by Crippen LogP contribution is -2.50. The number of carbonyl (C=O) groups is 1. The van der Waals surface area contributed by atoms with E-state index in [4.69, 9.17) is 14.7 Å². The summed E-state index contributed by atoms with van der Waals surface area (Å²) in [5, 5.41) is 4.27. The number of rotatable bonds is 5. The van der Waals surface area contributed by atoms with Gasteiger partial charge in [-0.25, -0.2) is 14.8 Å². The summed E-state index contributed by atoms with van der Waals surface area (Å²) in [7, 11) is 1.63. The Labute approximate surface area is 205 Å². The molecule has 2 amide bonds. The number of methoxy groups -OCH3 is 1. The first kappa shape index (κ1) is 22.9. The average Bonchev–Trinajstić information content (AvgIpc) is 3.21. The van der Waals surface area contributed by atoms with Gasteiger partial charge in [-0.2, -0.15) is 0 Å². The molecular formula is C26H33N5O2S. The molecular weight excluding hydrogens is 446 g/mol. The zero-order chi connectivity index (χ0) is 23.7. The van der Waals surface area contributed by atoms with Crippen LogP contribution in [0.4, 0.5) is 16.3 Å². The molecule has 0 spiro atoms. The Morgan fingerprint density at radius 3 is 2.82 bits per heavy atom. The maximum Gasteiger partial charge on any atom is 0.321 e. The summed E-state index contributed by atoms with van der Waals surface area (Å²) in [6.45, 7) is 7.38. The van der Waals surface area contributed by atoms with Crippen LogP contribution in [0.15, 0.2) is 24.3 Å². The number of amides is 2. The number of aromatic nitrogens is 2. The first-order chi connectivity index (χ1) is 16.6. The van der Waals surface area contributed by atoms with Crippen molar-refractivity contribution in [2.24, 2.45) is 5.92 Å². The van der Waals surface area contributed by atoms with E-state index in [1.165, 1.54) is 22.2 Å². The second-order valence-corrected chi connectivity index (χ2v) is 10.5. The highest BCUT2D eigenvalue weighted by atomic mass is 32.1. The molecule has 8 heteroatoms. The van der Waals surface area contributed by atoms with Crippen molar-refractivity contribution in [1.82, 2.24) is 14.9 Å². The monoisotopic (exact) mass is 479 g/mol. The van der Waals surface area contributed by atoms with Crippen LogP contribution < -0.4 is 15.0 Å². The third-order valence-electron chi connectivity index (χ3n) is 6.84. The number of carbonyl (C=O) groups excluding carboxylic acids is 1. The fourth-order valence-electron chi connectivity index (χ4n) is 4.96. The van der Waals surface area contributed by atoms with Crippen molar-refractivity contribution in [3.63, 3.8) is 0 Å². The van der Waals surface area contributed by atoms with Crippen LogP contribution in [0.5, 0.6) is 5.75 Å². The number of nitrogens with zero attached hydrogens (tertiary/aromatic N) is 4. The van der Waals surface area contributed by atoms with Gasteiger partial charge < -0.3 is 19.9 Å². The lowest BCUT2D eigenvalue weighted by Gasteiger charge is -2.36. The molecule has 0 bridgehead atoms. The minimum Gasteiger partial charge on any atom is -0.497 e. The molecule has 180 valence electrons. The van der Waals surface area contributed by atoms with Gasteiger partial charge in [-0.15, -0.1) is 11.3 Å². The summed E-state index contributed by atoms with van der Waals surface area (Å²) in [6, 6.07) is 7.39. The van der Waals surface area contributed by atoms with Crippen LogP contribution in [0.25, 0.3) is 10.2 Å². The molecule has 1 aliphatic heterocycles. The molecule has 1 N–H and O–H groups in total. The number of urea groups is 1. The Hall–Kier alpha value is -2.87. The predicted octanol–water partition coefficient (Wildman–Crippen LogP) is 5.13. The Morgan fingerprint density at radius 1 is 1.24 bits per heavy atom. The van der Waals surface area contributed by atoms with E-state index in [1.54, 1.807) is 7.11 Å². The second kappa shape index (κ2) is 9.78. The normalized spacial score (nSPS) is 18.1. The number of anilines is 2. The van der Waals surface area contributed by atoms with Crippen LogP contribution in [0.2, 0.25) is 0 Å². The number of aryl methyl sites for hydroxylation is 2. The van der Waals surface area contributed by atoms with Gasteiger partial charge in [0, 0.05) is 49.2 Å². The number of thiophene rings is 1. The first-order valence-corrected chi connectivity index (χ1v) is 13.1. The van der Waals surface area contributed by atoms with Gasteiger partial charge in [-0.3, -0.25) is 0 Å². The molecule has 0 unspecified atom stereocenters. The summed E-state index contributed by atoms with van der Waals surface area (Å²) in [6.07, 6.45) is 5.42. The standard InChI is InChI=1S/C26H33N5O2S/c1-4-6-22-28-24(23-20-10-9-17(2)15-21(20)34-25(23)29-22)30-11-13-31(14-12-30)26(32)27-18-7-5-8-19(16-18)33-3/h5,7-8,16-17H,4,6,9-15H2,1-3H3,(H,27,32)/t17-/m0/s1. The Kier molecular flexibility index (Phi) is 6.59. The van der Waals surface area contributed by atoms with Gasteiger partial charge in [-0.1, -0.05) is 19.9 Å². The Bertz CT molecular complexity index is 1190. The van der Waals surface area contributed by atoms with E-state index in [0.29, 0.717) is 13.1 Å². The quantitative estimate of drug-likeness (QED) is 0.549. The van der Waals surface area contributed by atoms with Gasteiger partial charge in [0.05, 0.1) is 12.5 Å². The largest absolute Gasteiger partial charge is 0.497 e. The van der Waals surface area contributed by atoms with E-state index in [0.717, 1.165) is 72.6 Å². The van der Waals surface area contributed by atoms with E-state index in [9.17, 15) is 4.79 Å². The topological polar surface area (TPSA) is 70.6 Å². The average molecular weight is 480 g/mol. The van der Waals surface area contributed by atoms with Crippen LogP contribution in [0, 0.1) is 5.92 Å². The van der Waals surface area contributed by atoms with E-state index in [1.807, 2.05) is 40.5 Å². The highest BCUT2D eigenvalue weighted by Crippen LogP contribution is 2.41. The second-order valence-electron chi connectivity index (χ2n) is 9.38. The minimum atomic E-state index is -0.0747. The van der Waals surface area contributed by atoms with Gasteiger partial charge in [0.25, 0.3) is 0 Å². The molecule has 1 atom stereocenters. The third-order valence-corrected chi connectivity index (χ3v) is 7.99. The van der Waals surface area contributed by atoms with Crippen LogP contribution in [0.1, 0.15) is 43.0 Å². The van der Waals surface area contributed by atoms with E-state index in [-0.39, 0.29) is 6.03 Å². The number of hydrogen-bond acceptors (Lipinski definition) is 6. The van der Waals surface area contributed by atoms with Crippen molar-refractivity contribution in [2.45, 2.75) is 46.0 Å². The molecule has 1 saturated heterocycles. The zero-order valence-electron chi connectivity index (χ0n) is 20.3. The number of nitrogens with one attached hydrogen (secondary N) is 1. The lowest BCUT2D eigenvalue weighted by molar-refractivity contribution is 0.208. The summed E-state index contributed by atoms with van der Waals surface area (Å²) in [5.74, 6) is 3.48. The Morgan fingerprint density at radius 2 is 2.06 bits per heavy atom. The van der Waals surface area contributed by atoms with Gasteiger partial charge in [0.1, 0.15) is 22.2 Å². The van der Waals surface area contributed by atoms with Crippen molar-refractivity contribution >= 4 is 39.1 Å². The zero-order valence-corrected chi connectivity index (χ0v) is 21.1. The maximum atomic E-state index is 12.9. The van der Waals surface area contributed by atoms with Gasteiger partial charge >= 0.3 is 6.03 Å². The van der Waals surface area contributed by atoms with Crippen LogP contribution >= 0.6 is 11.3 Å². The lowest BCUT2D eigenvalue weighted by atomic mass is 9.89. The molecule has 3 aromatic rings. The first-order valence-electron chi connectivity index (χ1n) is 12.3. The maximum absolute atomic E-state index is 12.9. The molecule has 3 heterocycles. The van der Waals surface area contributed by atoms with E-state index in [2.05, 4.69) is 24.1 Å². The van der Waals surface area contributed by atoms with Crippen LogP contribution in [0.3, 0.4) is 0 Å². The molecule has 5 rings (SSSR count). The molecule has 0 radical (unpaired) electrons. The number of hydrogen-bond donors (Lipinski definition) is 1. The van der Waals surface area contributed by atoms with Crippen molar-refractivity contribution in [3.8, 4) is 5.75 Å². The summed E-state index contributed by atoms with van der Waals surface area (Å²) in [4.78, 5) is 29.8. The number of benzene rings is 1.